The monoisotopic (exact) mass is 634 g/mol. The molecule has 1 aliphatic carbocycles. The molecule has 47 heavy (non-hydrogen) atoms. The third-order valence-electron chi connectivity index (χ3n) is 10.9. The van der Waals surface area contributed by atoms with Crippen LogP contribution in [0.15, 0.2) is 49.1 Å². The number of likely N-dealkylation sites (tertiary alicyclic amines) is 1. The minimum Gasteiger partial charge on any atom is -0.461 e. The van der Waals surface area contributed by atoms with E-state index >= 15 is 0 Å². The van der Waals surface area contributed by atoms with Crippen molar-refractivity contribution in [3.8, 4) is 12.1 Å². The van der Waals surface area contributed by atoms with Crippen LogP contribution >= 0.6 is 0 Å². The molecule has 1 saturated carbocycles. The second-order valence-corrected chi connectivity index (χ2v) is 13.9. The number of likely N-dealkylation sites (N-methyl/N-ethyl adjacent to an activating group) is 1. The maximum Gasteiger partial charge on any atom is 0.318 e. The zero-order chi connectivity index (χ0) is 32.7. The van der Waals surface area contributed by atoms with Crippen LogP contribution in [0.1, 0.15) is 42.5 Å². The van der Waals surface area contributed by atoms with E-state index in [1.54, 1.807) is 4.90 Å². The van der Waals surface area contributed by atoms with Gasteiger partial charge in [0.2, 0.25) is 5.91 Å². The molecule has 3 aromatic rings. The number of benzene rings is 2. The highest BCUT2D eigenvalue weighted by atomic mass is 16.5. The smallest absolute Gasteiger partial charge is 0.318 e. The predicted molar refractivity (Wildman–Crippen MR) is 185 cm³/mol. The van der Waals surface area contributed by atoms with Crippen molar-refractivity contribution in [2.45, 2.75) is 63.2 Å². The zero-order valence-electron chi connectivity index (χ0n) is 28.0. The summed E-state index contributed by atoms with van der Waals surface area (Å²) in [6.45, 7) is 11.8. The molecular formula is C37H46N8O2. The third-order valence-corrected chi connectivity index (χ3v) is 10.9. The molecule has 2 aromatic carbocycles. The van der Waals surface area contributed by atoms with Crippen molar-refractivity contribution in [1.82, 2.24) is 24.7 Å². The average molecular weight is 635 g/mol. The summed E-state index contributed by atoms with van der Waals surface area (Å²) in [6.07, 6.45) is 5.85. The van der Waals surface area contributed by atoms with Crippen LogP contribution < -0.4 is 14.5 Å². The summed E-state index contributed by atoms with van der Waals surface area (Å²) >= 11 is 0. The van der Waals surface area contributed by atoms with Gasteiger partial charge in [-0.1, -0.05) is 36.9 Å². The number of fused-ring (bicyclic) bond motifs is 2. The number of hydrogen-bond donors (Lipinski definition) is 0. The Labute approximate surface area is 278 Å². The van der Waals surface area contributed by atoms with E-state index in [-0.39, 0.29) is 23.9 Å². The van der Waals surface area contributed by atoms with Crippen molar-refractivity contribution in [2.75, 3.05) is 69.8 Å². The maximum atomic E-state index is 12.6. The van der Waals surface area contributed by atoms with Crippen LogP contribution in [0.3, 0.4) is 0 Å². The number of carbonyl (C=O) groups is 1. The van der Waals surface area contributed by atoms with Gasteiger partial charge in [0.25, 0.3) is 0 Å². The average Bonchev–Trinajstić information content (AvgIpc) is 3.70. The minimum atomic E-state index is -0.234. The van der Waals surface area contributed by atoms with E-state index in [1.807, 2.05) is 0 Å². The third kappa shape index (κ3) is 6.03. The molecule has 4 aliphatic rings. The molecule has 2 saturated heterocycles. The van der Waals surface area contributed by atoms with Crippen LogP contribution in [0.2, 0.25) is 0 Å². The van der Waals surface area contributed by atoms with Gasteiger partial charge in [-0.2, -0.15) is 15.2 Å². The standard InChI is InChI=1S/C37H46N8O2/c1-5-33(46)45-21-20-43(22-29(45)12-17-38)35-30-14-18-42(32-11-7-10-27-9-6-8-26(2)34(27)32)24-31(30)39-36(40-35)47-25-37(15-16-37)44-19-13-28(23-44)41(3)4/h5-11,28-29H,1,12-16,18-25H2,2-4H3/t28-,29+/m1/s1. The lowest BCUT2D eigenvalue weighted by molar-refractivity contribution is -0.128. The highest BCUT2D eigenvalue weighted by Gasteiger charge is 2.51. The molecule has 4 heterocycles. The molecule has 0 radical (unpaired) electrons. The summed E-state index contributed by atoms with van der Waals surface area (Å²) in [4.78, 5) is 34.2. The van der Waals surface area contributed by atoms with Crippen molar-refractivity contribution in [3.63, 3.8) is 0 Å². The lowest BCUT2D eigenvalue weighted by Gasteiger charge is -2.42. The number of piperazine rings is 1. The van der Waals surface area contributed by atoms with Gasteiger partial charge in [-0.15, -0.1) is 0 Å². The lowest BCUT2D eigenvalue weighted by Crippen LogP contribution is -2.55. The first-order valence-corrected chi connectivity index (χ1v) is 17.0. The van der Waals surface area contributed by atoms with E-state index in [0.29, 0.717) is 44.8 Å². The molecule has 10 nitrogen and oxygen atoms in total. The topological polar surface area (TPSA) is 92.1 Å². The highest BCUT2D eigenvalue weighted by molar-refractivity contribution is 5.97. The molecule has 246 valence electrons. The lowest BCUT2D eigenvalue weighted by atomic mass is 9.99. The summed E-state index contributed by atoms with van der Waals surface area (Å²) in [6, 6.07) is 16.1. The number of carbonyl (C=O) groups excluding carboxylic acids is 1. The van der Waals surface area contributed by atoms with Gasteiger partial charge in [-0.3, -0.25) is 9.69 Å². The highest BCUT2D eigenvalue weighted by Crippen LogP contribution is 2.44. The van der Waals surface area contributed by atoms with E-state index in [9.17, 15) is 10.1 Å². The second kappa shape index (κ2) is 12.8. The number of amides is 1. The fourth-order valence-corrected chi connectivity index (χ4v) is 7.91. The molecule has 3 aliphatic heterocycles. The molecule has 1 aromatic heterocycles. The Morgan fingerprint density at radius 2 is 1.91 bits per heavy atom. The Bertz CT molecular complexity index is 1710. The number of aromatic nitrogens is 2. The Morgan fingerprint density at radius 3 is 2.64 bits per heavy atom. The van der Waals surface area contributed by atoms with Gasteiger partial charge < -0.3 is 24.3 Å². The Balaban J connectivity index is 1.20. The first-order valence-electron chi connectivity index (χ1n) is 17.0. The van der Waals surface area contributed by atoms with Gasteiger partial charge in [0.05, 0.1) is 36.3 Å². The van der Waals surface area contributed by atoms with Crippen LogP contribution in [-0.4, -0.2) is 108 Å². The summed E-state index contributed by atoms with van der Waals surface area (Å²) in [5, 5.41) is 12.1. The van der Waals surface area contributed by atoms with Gasteiger partial charge in [-0.25, -0.2) is 0 Å². The molecule has 0 spiro atoms. The van der Waals surface area contributed by atoms with Crippen LogP contribution in [0.25, 0.3) is 10.8 Å². The normalized spacial score (nSPS) is 22.3. The van der Waals surface area contributed by atoms with Gasteiger partial charge in [0.15, 0.2) is 0 Å². The fraction of sp³-hybridized carbons (Fsp3) is 0.514. The van der Waals surface area contributed by atoms with E-state index < -0.39 is 0 Å². The zero-order valence-corrected chi connectivity index (χ0v) is 28.0. The quantitative estimate of drug-likeness (QED) is 0.322. The number of anilines is 2. The molecule has 7 rings (SSSR count). The van der Waals surface area contributed by atoms with Gasteiger partial charge in [0.1, 0.15) is 12.4 Å². The largest absolute Gasteiger partial charge is 0.461 e. The number of ether oxygens (including phenoxy) is 1. The second-order valence-electron chi connectivity index (χ2n) is 13.9. The molecule has 0 bridgehead atoms. The SMILES string of the molecule is C=CC(=O)N1CCN(c2nc(OCC3(N4CC[C@@H](N(C)C)C4)CC3)nc3c2CCN(c2cccc4cccc(C)c24)C3)C[C@@H]1CC#N. The predicted octanol–water partition coefficient (Wildman–Crippen LogP) is 4.17. The van der Waals surface area contributed by atoms with E-state index in [2.05, 4.69) is 89.7 Å². The Hall–Kier alpha value is -4.20. The molecule has 3 fully saturated rings. The molecule has 0 N–H and O–H groups in total. The first-order chi connectivity index (χ1) is 22.8. The van der Waals surface area contributed by atoms with Crippen LogP contribution in [0.4, 0.5) is 11.5 Å². The number of rotatable bonds is 9. The Morgan fingerprint density at radius 1 is 1.11 bits per heavy atom. The molecule has 10 heteroatoms. The van der Waals surface area contributed by atoms with Crippen molar-refractivity contribution < 1.29 is 9.53 Å². The van der Waals surface area contributed by atoms with Crippen LogP contribution in [0.5, 0.6) is 6.01 Å². The van der Waals surface area contributed by atoms with Crippen LogP contribution in [0, 0.1) is 18.3 Å². The molecule has 0 unspecified atom stereocenters. The molecular weight excluding hydrogens is 588 g/mol. The Kier molecular flexibility index (Phi) is 8.54. The van der Waals surface area contributed by atoms with Crippen molar-refractivity contribution in [2.24, 2.45) is 0 Å². The van der Waals surface area contributed by atoms with Gasteiger partial charge >= 0.3 is 6.01 Å². The number of nitrogens with zero attached hydrogens (tertiary/aromatic N) is 8. The van der Waals surface area contributed by atoms with E-state index in [4.69, 9.17) is 14.7 Å². The van der Waals surface area contributed by atoms with E-state index in [1.165, 1.54) is 34.5 Å². The summed E-state index contributed by atoms with van der Waals surface area (Å²) in [5.41, 5.74) is 4.67. The fourth-order valence-electron chi connectivity index (χ4n) is 7.91. The maximum absolute atomic E-state index is 12.6. The number of hydrogen-bond acceptors (Lipinski definition) is 9. The van der Waals surface area contributed by atoms with Crippen molar-refractivity contribution >= 4 is 28.2 Å². The molecule has 1 amide bonds. The summed E-state index contributed by atoms with van der Waals surface area (Å²) < 4.78 is 6.57. The van der Waals surface area contributed by atoms with E-state index in [0.717, 1.165) is 56.0 Å². The first kappa shape index (κ1) is 31.4. The minimum absolute atomic E-state index is 0.0608. The van der Waals surface area contributed by atoms with Crippen molar-refractivity contribution in [3.05, 3.63) is 65.9 Å². The van der Waals surface area contributed by atoms with Crippen LogP contribution in [-0.2, 0) is 17.8 Å². The number of nitriles is 1. The molecule has 2 atom stereocenters. The summed E-state index contributed by atoms with van der Waals surface area (Å²) in [7, 11) is 4.34. The number of aryl methyl sites for hydroxylation is 1. The van der Waals surface area contributed by atoms with Gasteiger partial charge in [-0.05, 0) is 69.8 Å². The van der Waals surface area contributed by atoms with Crippen molar-refractivity contribution in [1.29, 1.82) is 5.26 Å². The van der Waals surface area contributed by atoms with Gasteiger partial charge in [0, 0.05) is 61.9 Å². The summed E-state index contributed by atoms with van der Waals surface area (Å²) in [5.74, 6) is 0.749.